The predicted octanol–water partition coefficient (Wildman–Crippen LogP) is -0.0774. The fourth-order valence-electron chi connectivity index (χ4n) is 2.09. The van der Waals surface area contributed by atoms with Gasteiger partial charge in [0.15, 0.2) is 0 Å². The molecule has 0 spiro atoms. The van der Waals surface area contributed by atoms with Crippen LogP contribution in [0, 0.1) is 5.92 Å². The van der Waals surface area contributed by atoms with Crippen molar-refractivity contribution in [1.29, 1.82) is 0 Å². The van der Waals surface area contributed by atoms with Gasteiger partial charge in [0.2, 0.25) is 11.8 Å². The van der Waals surface area contributed by atoms with Gasteiger partial charge in [-0.25, -0.2) is 4.79 Å². The smallest absolute Gasteiger partial charge is 0.330 e. The lowest BCUT2D eigenvalue weighted by molar-refractivity contribution is -0.146. The van der Waals surface area contributed by atoms with E-state index in [0.717, 1.165) is 6.42 Å². The summed E-state index contributed by atoms with van der Waals surface area (Å²) in [6.07, 6.45) is 1.45. The van der Waals surface area contributed by atoms with Gasteiger partial charge in [-0.1, -0.05) is 13.3 Å². The van der Waals surface area contributed by atoms with Crippen LogP contribution in [0.3, 0.4) is 0 Å². The third kappa shape index (κ3) is 3.72. The van der Waals surface area contributed by atoms with Gasteiger partial charge in [-0.3, -0.25) is 9.59 Å². The summed E-state index contributed by atoms with van der Waals surface area (Å²) in [4.78, 5) is 35.9. The molecule has 2 unspecified atom stereocenters. The Morgan fingerprint density at radius 2 is 2.22 bits per heavy atom. The minimum atomic E-state index is -0.785. The number of amides is 2. The van der Waals surface area contributed by atoms with Crippen LogP contribution in [0.4, 0.5) is 0 Å². The fourth-order valence-corrected chi connectivity index (χ4v) is 2.09. The van der Waals surface area contributed by atoms with Crippen LogP contribution in [-0.2, 0) is 19.1 Å². The van der Waals surface area contributed by atoms with E-state index < -0.39 is 12.0 Å². The highest BCUT2D eigenvalue weighted by Gasteiger charge is 2.32. The first-order valence-electron chi connectivity index (χ1n) is 6.10. The molecule has 102 valence electrons. The SMILES string of the molecule is CCC1CC(=O)N(CC(NC(C)=O)C(=O)OC)C1. The third-order valence-corrected chi connectivity index (χ3v) is 3.14. The number of rotatable bonds is 5. The maximum Gasteiger partial charge on any atom is 0.330 e. The average molecular weight is 256 g/mol. The summed E-state index contributed by atoms with van der Waals surface area (Å²) in [6.45, 7) is 4.19. The van der Waals surface area contributed by atoms with E-state index in [1.165, 1.54) is 14.0 Å². The van der Waals surface area contributed by atoms with Gasteiger partial charge in [0.1, 0.15) is 6.04 Å². The van der Waals surface area contributed by atoms with Crippen molar-refractivity contribution in [2.45, 2.75) is 32.7 Å². The molecule has 6 nitrogen and oxygen atoms in total. The molecule has 0 aliphatic carbocycles. The van der Waals surface area contributed by atoms with Crippen molar-refractivity contribution in [1.82, 2.24) is 10.2 Å². The van der Waals surface area contributed by atoms with Gasteiger partial charge in [0, 0.05) is 19.9 Å². The number of hydrogen-bond acceptors (Lipinski definition) is 4. The van der Waals surface area contributed by atoms with Crippen LogP contribution in [0.2, 0.25) is 0 Å². The first-order valence-corrected chi connectivity index (χ1v) is 6.10. The number of carbonyl (C=O) groups excluding carboxylic acids is 3. The van der Waals surface area contributed by atoms with Gasteiger partial charge in [0.05, 0.1) is 13.7 Å². The third-order valence-electron chi connectivity index (χ3n) is 3.14. The highest BCUT2D eigenvalue weighted by Crippen LogP contribution is 2.20. The van der Waals surface area contributed by atoms with Crippen LogP contribution in [0.1, 0.15) is 26.7 Å². The molecular weight excluding hydrogens is 236 g/mol. The Bertz CT molecular complexity index is 343. The van der Waals surface area contributed by atoms with Crippen molar-refractivity contribution in [3.8, 4) is 0 Å². The van der Waals surface area contributed by atoms with Gasteiger partial charge >= 0.3 is 5.97 Å². The molecule has 0 aromatic rings. The van der Waals surface area contributed by atoms with E-state index in [9.17, 15) is 14.4 Å². The number of nitrogens with zero attached hydrogens (tertiary/aromatic N) is 1. The minimum Gasteiger partial charge on any atom is -0.467 e. The summed E-state index contributed by atoms with van der Waals surface area (Å²) in [6, 6.07) is -0.785. The molecule has 0 aromatic heterocycles. The molecule has 1 aliphatic heterocycles. The summed E-state index contributed by atoms with van der Waals surface area (Å²) < 4.78 is 4.62. The standard InChI is InChI=1S/C12H20N2O4/c1-4-9-5-11(16)14(6-9)7-10(12(17)18-3)13-8(2)15/h9-10H,4-7H2,1-3H3,(H,13,15). The van der Waals surface area contributed by atoms with Crippen LogP contribution < -0.4 is 5.32 Å². The zero-order chi connectivity index (χ0) is 13.7. The normalized spacial score (nSPS) is 20.7. The van der Waals surface area contributed by atoms with Gasteiger partial charge in [-0.2, -0.15) is 0 Å². The Balaban J connectivity index is 2.63. The molecule has 0 radical (unpaired) electrons. The molecule has 1 aliphatic rings. The molecule has 6 heteroatoms. The van der Waals surface area contributed by atoms with E-state index in [-0.39, 0.29) is 18.4 Å². The van der Waals surface area contributed by atoms with Crippen LogP contribution in [0.15, 0.2) is 0 Å². The lowest BCUT2D eigenvalue weighted by atomic mass is 10.1. The Morgan fingerprint density at radius 3 is 2.67 bits per heavy atom. The molecule has 0 saturated carbocycles. The second-order valence-corrected chi connectivity index (χ2v) is 4.55. The number of esters is 1. The molecule has 1 saturated heterocycles. The summed E-state index contributed by atoms with van der Waals surface area (Å²) in [5, 5.41) is 2.50. The second-order valence-electron chi connectivity index (χ2n) is 4.55. The molecule has 1 rings (SSSR count). The maximum atomic E-state index is 11.7. The van der Waals surface area contributed by atoms with Gasteiger partial charge in [-0.15, -0.1) is 0 Å². The van der Waals surface area contributed by atoms with E-state index in [0.29, 0.717) is 18.9 Å². The zero-order valence-corrected chi connectivity index (χ0v) is 11.1. The van der Waals surface area contributed by atoms with E-state index in [1.54, 1.807) is 4.90 Å². The zero-order valence-electron chi connectivity index (χ0n) is 11.1. The van der Waals surface area contributed by atoms with Gasteiger partial charge in [0.25, 0.3) is 0 Å². The quantitative estimate of drug-likeness (QED) is 0.698. The molecule has 0 aromatic carbocycles. The van der Waals surface area contributed by atoms with Crippen molar-refractivity contribution in [2.75, 3.05) is 20.2 Å². The summed E-state index contributed by atoms with van der Waals surface area (Å²) in [5.74, 6) is -0.476. The van der Waals surface area contributed by atoms with Crippen molar-refractivity contribution >= 4 is 17.8 Å². The largest absolute Gasteiger partial charge is 0.467 e. The Hall–Kier alpha value is -1.59. The van der Waals surface area contributed by atoms with E-state index in [4.69, 9.17) is 0 Å². The van der Waals surface area contributed by atoms with Gasteiger partial charge in [-0.05, 0) is 5.92 Å². The molecule has 1 N–H and O–H groups in total. The summed E-state index contributed by atoms with van der Waals surface area (Å²) in [5.41, 5.74) is 0. The summed E-state index contributed by atoms with van der Waals surface area (Å²) in [7, 11) is 1.26. The second kappa shape index (κ2) is 6.37. The molecular formula is C12H20N2O4. The minimum absolute atomic E-state index is 0.0288. The number of likely N-dealkylation sites (tertiary alicyclic amines) is 1. The lowest BCUT2D eigenvalue weighted by Crippen LogP contribution is -2.48. The first-order chi connectivity index (χ1) is 8.47. The van der Waals surface area contributed by atoms with Crippen molar-refractivity contribution in [2.24, 2.45) is 5.92 Å². The monoisotopic (exact) mass is 256 g/mol. The topological polar surface area (TPSA) is 75.7 Å². The maximum absolute atomic E-state index is 11.7. The van der Waals surface area contributed by atoms with Crippen LogP contribution >= 0.6 is 0 Å². The highest BCUT2D eigenvalue weighted by molar-refractivity contribution is 5.85. The fraction of sp³-hybridized carbons (Fsp3) is 0.750. The number of nitrogens with one attached hydrogen (secondary N) is 1. The van der Waals surface area contributed by atoms with E-state index in [1.807, 2.05) is 6.92 Å². The number of ether oxygens (including phenoxy) is 1. The summed E-state index contributed by atoms with van der Waals surface area (Å²) >= 11 is 0. The Labute approximate surface area is 107 Å². The Kier molecular flexibility index (Phi) is 5.12. The van der Waals surface area contributed by atoms with E-state index >= 15 is 0 Å². The number of carbonyl (C=O) groups is 3. The van der Waals surface area contributed by atoms with Crippen molar-refractivity contribution in [3.05, 3.63) is 0 Å². The first kappa shape index (κ1) is 14.5. The van der Waals surface area contributed by atoms with Crippen molar-refractivity contribution < 1.29 is 19.1 Å². The van der Waals surface area contributed by atoms with Crippen molar-refractivity contribution in [3.63, 3.8) is 0 Å². The molecule has 1 heterocycles. The number of hydrogen-bond donors (Lipinski definition) is 1. The van der Waals surface area contributed by atoms with Crippen LogP contribution in [0.5, 0.6) is 0 Å². The lowest BCUT2D eigenvalue weighted by Gasteiger charge is -2.22. The molecule has 2 atom stereocenters. The molecule has 1 fully saturated rings. The molecule has 0 bridgehead atoms. The molecule has 18 heavy (non-hydrogen) atoms. The van der Waals surface area contributed by atoms with Crippen LogP contribution in [0.25, 0.3) is 0 Å². The van der Waals surface area contributed by atoms with Crippen LogP contribution in [-0.4, -0.2) is 48.9 Å². The highest BCUT2D eigenvalue weighted by atomic mass is 16.5. The molecule has 2 amide bonds. The van der Waals surface area contributed by atoms with Gasteiger partial charge < -0.3 is 15.0 Å². The van der Waals surface area contributed by atoms with E-state index in [2.05, 4.69) is 10.1 Å². The average Bonchev–Trinajstić information content (AvgIpc) is 2.68. The number of methoxy groups -OCH3 is 1. The Morgan fingerprint density at radius 1 is 1.56 bits per heavy atom. The predicted molar refractivity (Wildman–Crippen MR) is 64.6 cm³/mol.